The van der Waals surface area contributed by atoms with Gasteiger partial charge in [0.25, 0.3) is 0 Å². The fourth-order valence-electron chi connectivity index (χ4n) is 2.51. The summed E-state index contributed by atoms with van der Waals surface area (Å²) < 4.78 is 5.28. The number of halogens is 1. The van der Waals surface area contributed by atoms with Gasteiger partial charge in [0.15, 0.2) is 0 Å². The summed E-state index contributed by atoms with van der Waals surface area (Å²) in [4.78, 5) is 6.87. The van der Waals surface area contributed by atoms with E-state index in [0.29, 0.717) is 11.6 Å². The average Bonchev–Trinajstić information content (AvgIpc) is 2.97. The van der Waals surface area contributed by atoms with Crippen LogP contribution in [0, 0.1) is 0 Å². The van der Waals surface area contributed by atoms with Crippen LogP contribution in [0.5, 0.6) is 0 Å². The Bertz CT molecular complexity index is 778. The largest absolute Gasteiger partial charge is 0.469 e. The maximum atomic E-state index is 6.20. The predicted octanol–water partition coefficient (Wildman–Crippen LogP) is 4.40. The molecule has 1 aromatic heterocycles. The van der Waals surface area contributed by atoms with Gasteiger partial charge < -0.3 is 9.64 Å². The van der Waals surface area contributed by atoms with E-state index in [4.69, 9.17) is 21.3 Å². The monoisotopic (exact) mass is 314 g/mol. The molecule has 2 aromatic rings. The fraction of sp³-hybridized carbons (Fsp3) is 0.0625. The number of fused-ring (bicyclic) bond motifs is 3. The summed E-state index contributed by atoms with van der Waals surface area (Å²) in [5, 5.41) is 4.87. The van der Waals surface area contributed by atoms with Crippen LogP contribution in [0.4, 0.5) is 5.69 Å². The highest BCUT2D eigenvalue weighted by atomic mass is 35.5. The summed E-state index contributed by atoms with van der Waals surface area (Å²) in [6.07, 6.45) is 5.31. The summed E-state index contributed by atoms with van der Waals surface area (Å²) in [7, 11) is 0. The molecule has 5 heteroatoms. The molecule has 3 heterocycles. The van der Waals surface area contributed by atoms with E-state index in [1.54, 1.807) is 23.9 Å². The number of anilines is 1. The molecular formula is C16H11ClN2OS. The van der Waals surface area contributed by atoms with Crippen molar-refractivity contribution in [3.8, 4) is 0 Å². The highest BCUT2D eigenvalue weighted by Gasteiger charge is 2.23. The van der Waals surface area contributed by atoms with E-state index in [-0.39, 0.29) is 0 Å². The molecule has 0 saturated heterocycles. The quantitative estimate of drug-likeness (QED) is 0.779. The second kappa shape index (κ2) is 5.06. The molecule has 0 aliphatic carbocycles. The van der Waals surface area contributed by atoms with E-state index in [1.165, 1.54) is 0 Å². The molecule has 0 radical (unpaired) electrons. The van der Waals surface area contributed by atoms with Crippen LogP contribution < -0.4 is 4.90 Å². The van der Waals surface area contributed by atoms with Crippen LogP contribution in [0.3, 0.4) is 0 Å². The lowest BCUT2D eigenvalue weighted by molar-refractivity contribution is 0.387. The topological polar surface area (TPSA) is 24.8 Å². The van der Waals surface area contributed by atoms with Crippen molar-refractivity contribution in [3.63, 3.8) is 0 Å². The predicted molar refractivity (Wildman–Crippen MR) is 87.1 cm³/mol. The Morgan fingerprint density at radius 1 is 1.29 bits per heavy atom. The van der Waals surface area contributed by atoms with Crippen molar-refractivity contribution >= 4 is 34.3 Å². The van der Waals surface area contributed by atoms with Crippen LogP contribution in [-0.2, 0) is 4.74 Å². The average molecular weight is 315 g/mol. The Balaban J connectivity index is 1.95. The first-order valence-corrected chi connectivity index (χ1v) is 7.82. The molecule has 0 N–H and O–H groups in total. The van der Waals surface area contributed by atoms with Gasteiger partial charge in [0, 0.05) is 27.7 Å². The number of aliphatic imine (C=N–C) groups is 1. The molecule has 104 valence electrons. The van der Waals surface area contributed by atoms with E-state index >= 15 is 0 Å². The maximum absolute atomic E-state index is 6.20. The normalized spacial score (nSPS) is 16.3. The highest BCUT2D eigenvalue weighted by Crippen LogP contribution is 2.33. The molecule has 0 spiro atoms. The van der Waals surface area contributed by atoms with E-state index in [2.05, 4.69) is 21.7 Å². The number of ether oxygens (including phenoxy) is 1. The molecule has 2 aliphatic heterocycles. The minimum atomic E-state index is 0.571. The summed E-state index contributed by atoms with van der Waals surface area (Å²) in [5.41, 5.74) is 5.20. The van der Waals surface area contributed by atoms with Gasteiger partial charge in [-0.1, -0.05) is 11.6 Å². The molecule has 0 unspecified atom stereocenters. The molecule has 4 rings (SSSR count). The molecule has 0 fully saturated rings. The maximum Gasteiger partial charge on any atom is 0.112 e. The van der Waals surface area contributed by atoms with E-state index in [9.17, 15) is 0 Å². The van der Waals surface area contributed by atoms with Crippen LogP contribution in [0.2, 0.25) is 5.02 Å². The van der Waals surface area contributed by atoms with Gasteiger partial charge in [-0.15, -0.1) is 0 Å². The highest BCUT2D eigenvalue weighted by molar-refractivity contribution is 7.08. The smallest absolute Gasteiger partial charge is 0.112 e. The third-order valence-corrected chi connectivity index (χ3v) is 4.39. The minimum Gasteiger partial charge on any atom is -0.469 e. The van der Waals surface area contributed by atoms with Crippen molar-refractivity contribution in [3.05, 3.63) is 75.6 Å². The summed E-state index contributed by atoms with van der Waals surface area (Å²) >= 11 is 7.87. The first-order valence-electron chi connectivity index (χ1n) is 6.50. The third-order valence-electron chi connectivity index (χ3n) is 3.47. The molecule has 3 nitrogen and oxygen atoms in total. The van der Waals surface area contributed by atoms with Crippen LogP contribution >= 0.6 is 22.9 Å². The van der Waals surface area contributed by atoms with Crippen molar-refractivity contribution in [2.24, 2.45) is 4.99 Å². The van der Waals surface area contributed by atoms with Crippen LogP contribution in [-0.4, -0.2) is 12.3 Å². The Morgan fingerprint density at radius 2 is 2.24 bits per heavy atom. The summed E-state index contributed by atoms with van der Waals surface area (Å²) in [5.74, 6) is 0. The number of hydrogen-bond donors (Lipinski definition) is 0. The van der Waals surface area contributed by atoms with Gasteiger partial charge in [-0.25, -0.2) is 0 Å². The van der Waals surface area contributed by atoms with Crippen LogP contribution in [0.1, 0.15) is 11.1 Å². The third kappa shape index (κ3) is 2.17. The molecule has 21 heavy (non-hydrogen) atoms. The van der Waals surface area contributed by atoms with Crippen molar-refractivity contribution in [1.29, 1.82) is 0 Å². The fourth-order valence-corrected chi connectivity index (χ4v) is 3.33. The van der Waals surface area contributed by atoms with Crippen molar-refractivity contribution in [1.82, 2.24) is 0 Å². The Kier molecular flexibility index (Phi) is 3.05. The Labute approximate surface area is 131 Å². The second-order valence-corrected chi connectivity index (χ2v) is 5.96. The zero-order valence-electron chi connectivity index (χ0n) is 11.0. The molecule has 0 saturated carbocycles. The van der Waals surface area contributed by atoms with Crippen molar-refractivity contribution in [2.75, 3.05) is 11.4 Å². The van der Waals surface area contributed by atoms with E-state index in [0.717, 1.165) is 28.2 Å². The zero-order chi connectivity index (χ0) is 14.2. The van der Waals surface area contributed by atoms with Crippen molar-refractivity contribution in [2.45, 2.75) is 0 Å². The first kappa shape index (κ1) is 12.7. The van der Waals surface area contributed by atoms with Crippen molar-refractivity contribution < 1.29 is 4.74 Å². The summed E-state index contributed by atoms with van der Waals surface area (Å²) in [6.45, 7) is 0.571. The van der Waals surface area contributed by atoms with E-state index in [1.807, 2.05) is 24.4 Å². The van der Waals surface area contributed by atoms with Gasteiger partial charge in [-0.2, -0.15) is 11.3 Å². The Morgan fingerprint density at radius 3 is 3.10 bits per heavy atom. The van der Waals surface area contributed by atoms with Gasteiger partial charge in [-0.05, 0) is 29.6 Å². The van der Waals surface area contributed by atoms with Gasteiger partial charge in [0.1, 0.15) is 12.5 Å². The number of benzene rings is 1. The lowest BCUT2D eigenvalue weighted by Crippen LogP contribution is -2.20. The molecule has 0 bridgehead atoms. The lowest BCUT2D eigenvalue weighted by Gasteiger charge is -2.24. The van der Waals surface area contributed by atoms with Gasteiger partial charge in [0.2, 0.25) is 0 Å². The minimum absolute atomic E-state index is 0.571. The van der Waals surface area contributed by atoms with E-state index < -0.39 is 0 Å². The number of hydrogen-bond acceptors (Lipinski definition) is 4. The SMILES string of the molecule is Clc1ccc2c(c1)C(c1ccsc1)=NCC1=COC=CN12. The standard InChI is InChI=1S/C16H11ClN2OS/c17-12-1-2-15-14(7-12)16(11-3-6-21-10-11)18-8-13-9-20-5-4-19(13)15/h1-7,9-10H,8H2. The van der Waals surface area contributed by atoms with Crippen LogP contribution in [0.25, 0.3) is 0 Å². The summed E-state index contributed by atoms with van der Waals surface area (Å²) in [6, 6.07) is 7.98. The zero-order valence-corrected chi connectivity index (χ0v) is 12.6. The van der Waals surface area contributed by atoms with Gasteiger partial charge >= 0.3 is 0 Å². The van der Waals surface area contributed by atoms with Gasteiger partial charge in [-0.3, -0.25) is 4.99 Å². The molecule has 0 atom stereocenters. The molecule has 1 aromatic carbocycles. The molecular weight excluding hydrogens is 304 g/mol. The number of thiophene rings is 1. The number of nitrogens with zero attached hydrogens (tertiary/aromatic N) is 2. The first-order chi connectivity index (χ1) is 10.3. The lowest BCUT2D eigenvalue weighted by atomic mass is 10.0. The molecule has 2 aliphatic rings. The molecule has 0 amide bonds. The second-order valence-electron chi connectivity index (χ2n) is 4.74. The Hall–Kier alpha value is -2.04. The number of rotatable bonds is 1. The van der Waals surface area contributed by atoms with Gasteiger partial charge in [0.05, 0.1) is 23.6 Å². The van der Waals surface area contributed by atoms with Crippen LogP contribution in [0.15, 0.2) is 64.4 Å².